The summed E-state index contributed by atoms with van der Waals surface area (Å²) in [5, 5.41) is 0. The lowest BCUT2D eigenvalue weighted by molar-refractivity contribution is -0.143. The number of carbonyl (C=O) groups excluding carboxylic acids is 1. The van der Waals surface area contributed by atoms with Gasteiger partial charge in [0.1, 0.15) is 12.5 Å². The maximum atomic E-state index is 12.8. The first-order valence-corrected chi connectivity index (χ1v) is 7.12. The molecule has 1 aromatic carbocycles. The quantitative estimate of drug-likeness (QED) is 0.779. The number of pyridine rings is 1. The number of esters is 1. The maximum Gasteiger partial charge on any atom is 0.416 e. The Kier molecular flexibility index (Phi) is 5.43. The molecule has 24 heavy (non-hydrogen) atoms. The van der Waals surface area contributed by atoms with Crippen LogP contribution < -0.4 is 4.74 Å². The first-order chi connectivity index (χ1) is 11.3. The summed E-state index contributed by atoms with van der Waals surface area (Å²) in [6.07, 6.45) is -4.49. The van der Waals surface area contributed by atoms with E-state index in [1.807, 2.05) is 0 Å². The van der Waals surface area contributed by atoms with Gasteiger partial charge in [0.2, 0.25) is 5.88 Å². The summed E-state index contributed by atoms with van der Waals surface area (Å²) in [6, 6.07) is 10.5. The second kappa shape index (κ2) is 7.33. The van der Waals surface area contributed by atoms with Crippen molar-refractivity contribution in [2.24, 2.45) is 0 Å². The number of benzene rings is 1. The van der Waals surface area contributed by atoms with Crippen molar-refractivity contribution in [2.75, 3.05) is 13.7 Å². The Hall–Kier alpha value is -2.57. The standard InChI is InChI=1S/C17H16F3NO3/c1-11-8-13(17(18,19)20)9-15(21-11)24-10-14(16(22)23-2)12-6-4-3-5-7-12/h3-9,14H,10H2,1-2H3. The number of rotatable bonds is 5. The van der Waals surface area contributed by atoms with Crippen LogP contribution in [0.4, 0.5) is 13.2 Å². The Balaban J connectivity index is 2.21. The van der Waals surface area contributed by atoms with Crippen molar-refractivity contribution in [1.82, 2.24) is 4.98 Å². The van der Waals surface area contributed by atoms with E-state index in [4.69, 9.17) is 9.47 Å². The van der Waals surface area contributed by atoms with Crippen molar-refractivity contribution in [2.45, 2.75) is 19.0 Å². The van der Waals surface area contributed by atoms with Crippen LogP contribution in [-0.2, 0) is 15.7 Å². The van der Waals surface area contributed by atoms with Crippen LogP contribution in [0.1, 0.15) is 22.7 Å². The Morgan fingerprint density at radius 2 is 1.88 bits per heavy atom. The topological polar surface area (TPSA) is 48.4 Å². The molecule has 0 bridgehead atoms. The Labute approximate surface area is 137 Å². The number of aromatic nitrogens is 1. The number of carbonyl (C=O) groups is 1. The third kappa shape index (κ3) is 4.47. The molecule has 7 heteroatoms. The first kappa shape index (κ1) is 17.8. The van der Waals surface area contributed by atoms with Gasteiger partial charge < -0.3 is 9.47 Å². The van der Waals surface area contributed by atoms with Gasteiger partial charge in [0, 0.05) is 11.8 Å². The molecule has 0 aliphatic carbocycles. The van der Waals surface area contributed by atoms with Crippen LogP contribution in [0.5, 0.6) is 5.88 Å². The molecule has 0 N–H and O–H groups in total. The van der Waals surface area contributed by atoms with Crippen molar-refractivity contribution < 1.29 is 27.4 Å². The summed E-state index contributed by atoms with van der Waals surface area (Å²) in [6.45, 7) is 1.27. The molecular weight excluding hydrogens is 323 g/mol. The summed E-state index contributed by atoms with van der Waals surface area (Å²) >= 11 is 0. The van der Waals surface area contributed by atoms with E-state index in [1.165, 1.54) is 14.0 Å². The van der Waals surface area contributed by atoms with Gasteiger partial charge in [-0.05, 0) is 18.6 Å². The zero-order valence-corrected chi connectivity index (χ0v) is 13.1. The van der Waals surface area contributed by atoms with E-state index in [0.717, 1.165) is 12.1 Å². The normalized spacial score (nSPS) is 12.5. The Bertz CT molecular complexity index is 702. The van der Waals surface area contributed by atoms with Crippen molar-refractivity contribution in [3.05, 3.63) is 59.3 Å². The van der Waals surface area contributed by atoms with Gasteiger partial charge >= 0.3 is 12.1 Å². The lowest BCUT2D eigenvalue weighted by Gasteiger charge is -2.16. The molecule has 1 unspecified atom stereocenters. The van der Waals surface area contributed by atoms with Gasteiger partial charge in [-0.1, -0.05) is 30.3 Å². The molecule has 1 heterocycles. The first-order valence-electron chi connectivity index (χ1n) is 7.12. The fourth-order valence-electron chi connectivity index (χ4n) is 2.17. The molecule has 0 amide bonds. The summed E-state index contributed by atoms with van der Waals surface area (Å²) in [5.41, 5.74) is -0.0264. The molecule has 0 aliphatic heterocycles. The molecule has 4 nitrogen and oxygen atoms in total. The van der Waals surface area contributed by atoms with Crippen molar-refractivity contribution in [3.8, 4) is 5.88 Å². The van der Waals surface area contributed by atoms with Crippen LogP contribution in [0, 0.1) is 6.92 Å². The van der Waals surface area contributed by atoms with Gasteiger partial charge in [0.05, 0.1) is 12.7 Å². The minimum atomic E-state index is -4.49. The Morgan fingerprint density at radius 3 is 2.46 bits per heavy atom. The van der Waals surface area contributed by atoms with Gasteiger partial charge in [0.25, 0.3) is 0 Å². The molecule has 128 valence electrons. The lowest BCUT2D eigenvalue weighted by atomic mass is 10.0. The van der Waals surface area contributed by atoms with E-state index >= 15 is 0 Å². The summed E-state index contributed by atoms with van der Waals surface area (Å²) < 4.78 is 48.6. The maximum absolute atomic E-state index is 12.8. The minimum absolute atomic E-state index is 0.175. The third-order valence-electron chi connectivity index (χ3n) is 3.34. The van der Waals surface area contributed by atoms with Gasteiger partial charge in [-0.3, -0.25) is 4.79 Å². The fourth-order valence-corrected chi connectivity index (χ4v) is 2.17. The van der Waals surface area contributed by atoms with Gasteiger partial charge in [-0.2, -0.15) is 13.2 Å². The highest BCUT2D eigenvalue weighted by atomic mass is 19.4. The largest absolute Gasteiger partial charge is 0.476 e. The second-order valence-corrected chi connectivity index (χ2v) is 5.13. The van der Waals surface area contributed by atoms with Crippen LogP contribution in [0.25, 0.3) is 0 Å². The minimum Gasteiger partial charge on any atom is -0.476 e. The molecule has 0 saturated carbocycles. The van der Waals surface area contributed by atoms with Crippen LogP contribution in [0.3, 0.4) is 0 Å². The Morgan fingerprint density at radius 1 is 1.21 bits per heavy atom. The molecule has 0 radical (unpaired) electrons. The number of hydrogen-bond donors (Lipinski definition) is 0. The average Bonchev–Trinajstić information content (AvgIpc) is 2.54. The predicted molar refractivity (Wildman–Crippen MR) is 80.7 cm³/mol. The highest BCUT2D eigenvalue weighted by Crippen LogP contribution is 2.31. The van der Waals surface area contributed by atoms with Crippen molar-refractivity contribution in [1.29, 1.82) is 0 Å². The predicted octanol–water partition coefficient (Wildman–Crippen LogP) is 3.74. The smallest absolute Gasteiger partial charge is 0.416 e. The number of methoxy groups -OCH3 is 1. The van der Waals surface area contributed by atoms with Gasteiger partial charge in [0.15, 0.2) is 0 Å². The monoisotopic (exact) mass is 339 g/mol. The number of halogens is 3. The summed E-state index contributed by atoms with van der Waals surface area (Å²) in [5.74, 6) is -1.48. The molecule has 0 saturated heterocycles. The SMILES string of the molecule is COC(=O)C(COc1cc(C(F)(F)F)cc(C)n1)c1ccccc1. The number of ether oxygens (including phenoxy) is 2. The van der Waals surface area contributed by atoms with E-state index in [9.17, 15) is 18.0 Å². The summed E-state index contributed by atoms with van der Waals surface area (Å²) in [7, 11) is 1.24. The number of nitrogens with zero attached hydrogens (tertiary/aromatic N) is 1. The highest BCUT2D eigenvalue weighted by molar-refractivity contribution is 5.78. The van der Waals surface area contributed by atoms with E-state index in [-0.39, 0.29) is 18.2 Å². The van der Waals surface area contributed by atoms with E-state index < -0.39 is 23.6 Å². The highest BCUT2D eigenvalue weighted by Gasteiger charge is 2.32. The average molecular weight is 339 g/mol. The molecule has 1 atom stereocenters. The molecule has 0 spiro atoms. The third-order valence-corrected chi connectivity index (χ3v) is 3.34. The van der Waals surface area contributed by atoms with E-state index in [0.29, 0.717) is 5.56 Å². The van der Waals surface area contributed by atoms with Crippen LogP contribution in [0.15, 0.2) is 42.5 Å². The number of aryl methyl sites for hydroxylation is 1. The molecule has 1 aromatic heterocycles. The van der Waals surface area contributed by atoms with Crippen molar-refractivity contribution in [3.63, 3.8) is 0 Å². The fraction of sp³-hybridized carbons (Fsp3) is 0.294. The van der Waals surface area contributed by atoms with Gasteiger partial charge in [-0.25, -0.2) is 4.98 Å². The summed E-state index contributed by atoms with van der Waals surface area (Å²) in [4.78, 5) is 15.8. The van der Waals surface area contributed by atoms with Crippen LogP contribution >= 0.6 is 0 Å². The molecule has 0 fully saturated rings. The van der Waals surface area contributed by atoms with E-state index in [2.05, 4.69) is 4.98 Å². The lowest BCUT2D eigenvalue weighted by Crippen LogP contribution is -2.21. The molecule has 0 aliphatic rings. The van der Waals surface area contributed by atoms with Crippen molar-refractivity contribution >= 4 is 5.97 Å². The molecular formula is C17H16F3NO3. The van der Waals surface area contributed by atoms with E-state index in [1.54, 1.807) is 30.3 Å². The van der Waals surface area contributed by atoms with Crippen LogP contribution in [-0.4, -0.2) is 24.7 Å². The molecule has 2 aromatic rings. The number of hydrogen-bond acceptors (Lipinski definition) is 4. The molecule has 2 rings (SSSR count). The zero-order valence-electron chi connectivity index (χ0n) is 13.1. The number of alkyl halides is 3. The van der Waals surface area contributed by atoms with Crippen LogP contribution in [0.2, 0.25) is 0 Å². The second-order valence-electron chi connectivity index (χ2n) is 5.13. The zero-order chi connectivity index (χ0) is 17.7. The van der Waals surface area contributed by atoms with Gasteiger partial charge in [-0.15, -0.1) is 0 Å².